The second-order valence-corrected chi connectivity index (χ2v) is 8.09. The Morgan fingerprint density at radius 2 is 2.03 bits per heavy atom. The lowest BCUT2D eigenvalue weighted by molar-refractivity contribution is 0.0724. The van der Waals surface area contributed by atoms with Crippen molar-refractivity contribution in [1.29, 1.82) is 0 Å². The first kappa shape index (κ1) is 20.9. The number of nitrogens with zero attached hydrogens (tertiary/aromatic N) is 3. The SMILES string of the molecule is C=C[C@@H]1CCN(C(=O)OCC2CC2)C[C@H]1n1cc(C(N)=O)c(Nc2ccc(F)cc2)n1. The maximum absolute atomic E-state index is 13.2. The summed E-state index contributed by atoms with van der Waals surface area (Å²) in [6, 6.07) is 5.49. The van der Waals surface area contributed by atoms with Crippen LogP contribution < -0.4 is 11.1 Å². The molecule has 164 valence electrons. The molecule has 1 aromatic heterocycles. The molecule has 0 spiro atoms. The number of nitrogens with two attached hydrogens (primary N) is 1. The number of hydrogen-bond acceptors (Lipinski definition) is 5. The highest BCUT2D eigenvalue weighted by Crippen LogP contribution is 2.32. The number of hydrogen-bond donors (Lipinski definition) is 2. The quantitative estimate of drug-likeness (QED) is 0.659. The van der Waals surface area contributed by atoms with E-state index in [1.165, 1.54) is 12.1 Å². The summed E-state index contributed by atoms with van der Waals surface area (Å²) >= 11 is 0. The number of benzene rings is 1. The highest BCUT2D eigenvalue weighted by molar-refractivity contribution is 5.98. The van der Waals surface area contributed by atoms with Crippen LogP contribution in [0, 0.1) is 17.7 Å². The molecule has 31 heavy (non-hydrogen) atoms. The summed E-state index contributed by atoms with van der Waals surface area (Å²) < 4.78 is 20.3. The van der Waals surface area contributed by atoms with E-state index in [1.54, 1.807) is 27.9 Å². The topological polar surface area (TPSA) is 102 Å². The predicted molar refractivity (Wildman–Crippen MR) is 113 cm³/mol. The number of halogens is 1. The van der Waals surface area contributed by atoms with Crippen molar-refractivity contribution in [3.63, 3.8) is 0 Å². The summed E-state index contributed by atoms with van der Waals surface area (Å²) in [6.07, 6.45) is 6.03. The van der Waals surface area contributed by atoms with Crippen LogP contribution in [0.25, 0.3) is 0 Å². The largest absolute Gasteiger partial charge is 0.449 e. The molecule has 0 bridgehead atoms. The lowest BCUT2D eigenvalue weighted by atomic mass is 9.92. The van der Waals surface area contributed by atoms with Crippen LogP contribution >= 0.6 is 0 Å². The number of likely N-dealkylation sites (tertiary alicyclic amines) is 1. The van der Waals surface area contributed by atoms with Crippen LogP contribution in [0.4, 0.5) is 20.7 Å². The summed E-state index contributed by atoms with van der Waals surface area (Å²) in [6.45, 7) is 5.34. The summed E-state index contributed by atoms with van der Waals surface area (Å²) in [4.78, 5) is 26.2. The van der Waals surface area contributed by atoms with Gasteiger partial charge in [0.05, 0.1) is 12.6 Å². The molecule has 1 saturated carbocycles. The van der Waals surface area contributed by atoms with Crippen molar-refractivity contribution in [3.8, 4) is 0 Å². The highest BCUT2D eigenvalue weighted by Gasteiger charge is 2.34. The Labute approximate surface area is 179 Å². The van der Waals surface area contributed by atoms with Gasteiger partial charge in [0.25, 0.3) is 5.91 Å². The van der Waals surface area contributed by atoms with E-state index < -0.39 is 5.91 Å². The van der Waals surface area contributed by atoms with Crippen LogP contribution in [-0.2, 0) is 4.74 Å². The maximum atomic E-state index is 13.2. The fraction of sp³-hybridized carbons (Fsp3) is 0.409. The van der Waals surface area contributed by atoms with E-state index in [0.717, 1.165) is 12.8 Å². The molecule has 8 nitrogen and oxygen atoms in total. The van der Waals surface area contributed by atoms with Crippen molar-refractivity contribution in [1.82, 2.24) is 14.7 Å². The van der Waals surface area contributed by atoms with Crippen LogP contribution in [-0.4, -0.2) is 46.4 Å². The van der Waals surface area contributed by atoms with E-state index in [0.29, 0.717) is 37.7 Å². The minimum absolute atomic E-state index is 0.0618. The lowest BCUT2D eigenvalue weighted by Gasteiger charge is -2.36. The Morgan fingerprint density at radius 3 is 2.68 bits per heavy atom. The number of carbonyl (C=O) groups is 2. The van der Waals surface area contributed by atoms with E-state index in [1.807, 2.05) is 6.08 Å². The predicted octanol–water partition coefficient (Wildman–Crippen LogP) is 3.46. The second kappa shape index (κ2) is 8.79. The summed E-state index contributed by atoms with van der Waals surface area (Å²) in [5.74, 6) is -0.171. The van der Waals surface area contributed by atoms with Crippen LogP contribution in [0.1, 0.15) is 35.7 Å². The van der Waals surface area contributed by atoms with Crippen molar-refractivity contribution >= 4 is 23.5 Å². The van der Waals surface area contributed by atoms with Crippen LogP contribution in [0.5, 0.6) is 0 Å². The van der Waals surface area contributed by atoms with Crippen molar-refractivity contribution in [2.24, 2.45) is 17.6 Å². The Kier molecular flexibility index (Phi) is 5.92. The van der Waals surface area contributed by atoms with Gasteiger partial charge in [0.2, 0.25) is 0 Å². The smallest absolute Gasteiger partial charge is 0.409 e. The van der Waals surface area contributed by atoms with Gasteiger partial charge < -0.3 is 20.7 Å². The van der Waals surface area contributed by atoms with Crippen LogP contribution in [0.3, 0.4) is 0 Å². The first-order valence-corrected chi connectivity index (χ1v) is 10.4. The number of anilines is 2. The minimum atomic E-state index is -0.637. The van der Waals surface area contributed by atoms with E-state index in [9.17, 15) is 14.0 Å². The molecule has 4 rings (SSSR count). The molecule has 1 aromatic carbocycles. The lowest BCUT2D eigenvalue weighted by Crippen LogP contribution is -2.44. The van der Waals surface area contributed by atoms with Crippen molar-refractivity contribution in [2.45, 2.75) is 25.3 Å². The zero-order chi connectivity index (χ0) is 22.0. The first-order valence-electron chi connectivity index (χ1n) is 10.4. The van der Waals surface area contributed by atoms with Crippen molar-refractivity contribution < 1.29 is 18.7 Å². The third-order valence-electron chi connectivity index (χ3n) is 5.78. The third kappa shape index (κ3) is 4.87. The number of nitrogens with one attached hydrogen (secondary N) is 1. The number of amides is 2. The van der Waals surface area contributed by atoms with E-state index in [2.05, 4.69) is 17.0 Å². The van der Waals surface area contributed by atoms with E-state index in [4.69, 9.17) is 10.5 Å². The summed E-state index contributed by atoms with van der Waals surface area (Å²) in [5.41, 5.74) is 6.34. The first-order chi connectivity index (χ1) is 14.9. The molecular formula is C22H26FN5O3. The van der Waals surface area contributed by atoms with Gasteiger partial charge in [-0.05, 0) is 49.4 Å². The Morgan fingerprint density at radius 1 is 1.29 bits per heavy atom. The van der Waals surface area contributed by atoms with Gasteiger partial charge in [0.1, 0.15) is 11.4 Å². The molecule has 2 atom stereocenters. The number of primary amides is 1. The highest BCUT2D eigenvalue weighted by atomic mass is 19.1. The monoisotopic (exact) mass is 427 g/mol. The Hall–Kier alpha value is -3.36. The standard InChI is InChI=1S/C22H26FN5O3/c1-2-15-9-10-27(22(30)31-13-14-3-4-14)12-19(15)28-11-18(20(24)29)21(26-28)25-17-7-5-16(23)6-8-17/h2,5-8,11,14-15,19H,1,3-4,9-10,12-13H2,(H2,24,29)(H,25,26)/t15-,19-/m1/s1. The number of aromatic nitrogens is 2. The molecule has 2 aromatic rings. The molecule has 2 aliphatic rings. The fourth-order valence-corrected chi connectivity index (χ4v) is 3.74. The van der Waals surface area contributed by atoms with Gasteiger partial charge in [0.15, 0.2) is 5.82 Å². The number of ether oxygens (including phenoxy) is 1. The number of allylic oxidation sites excluding steroid dienone is 1. The fourth-order valence-electron chi connectivity index (χ4n) is 3.74. The van der Waals surface area contributed by atoms with Gasteiger partial charge in [-0.2, -0.15) is 5.10 Å². The maximum Gasteiger partial charge on any atom is 0.409 e. The molecule has 1 aliphatic heterocycles. The summed E-state index contributed by atoms with van der Waals surface area (Å²) in [7, 11) is 0. The second-order valence-electron chi connectivity index (χ2n) is 8.09. The van der Waals surface area contributed by atoms with Gasteiger partial charge in [0, 0.05) is 30.9 Å². The minimum Gasteiger partial charge on any atom is -0.449 e. The number of piperidine rings is 1. The number of rotatable bonds is 7. The molecule has 1 aliphatic carbocycles. The molecule has 2 amide bonds. The normalized spacial score (nSPS) is 20.9. The molecular weight excluding hydrogens is 401 g/mol. The van der Waals surface area contributed by atoms with E-state index >= 15 is 0 Å². The average Bonchev–Trinajstić information content (AvgIpc) is 3.51. The number of carbonyl (C=O) groups excluding carboxylic acids is 2. The Bertz CT molecular complexity index is 970. The van der Waals surface area contributed by atoms with Gasteiger partial charge in [-0.15, -0.1) is 6.58 Å². The van der Waals surface area contributed by atoms with Crippen molar-refractivity contribution in [3.05, 3.63) is 54.5 Å². The van der Waals surface area contributed by atoms with Gasteiger partial charge in [-0.1, -0.05) is 6.08 Å². The third-order valence-corrected chi connectivity index (χ3v) is 5.78. The molecule has 2 heterocycles. The molecule has 0 unspecified atom stereocenters. The zero-order valence-corrected chi connectivity index (χ0v) is 17.2. The van der Waals surface area contributed by atoms with E-state index in [-0.39, 0.29) is 35.3 Å². The summed E-state index contributed by atoms with van der Waals surface area (Å²) in [5, 5.41) is 7.55. The molecule has 2 fully saturated rings. The van der Waals surface area contributed by atoms with Gasteiger partial charge >= 0.3 is 6.09 Å². The molecule has 0 radical (unpaired) electrons. The molecule has 9 heteroatoms. The van der Waals surface area contributed by atoms with Gasteiger partial charge in [-0.3, -0.25) is 9.48 Å². The average molecular weight is 427 g/mol. The molecule has 1 saturated heterocycles. The van der Waals surface area contributed by atoms with Crippen LogP contribution in [0.2, 0.25) is 0 Å². The van der Waals surface area contributed by atoms with Crippen LogP contribution in [0.15, 0.2) is 43.1 Å². The zero-order valence-electron chi connectivity index (χ0n) is 17.2. The van der Waals surface area contributed by atoms with Crippen molar-refractivity contribution in [2.75, 3.05) is 25.0 Å². The van der Waals surface area contributed by atoms with Gasteiger partial charge in [-0.25, -0.2) is 9.18 Å². The Balaban J connectivity index is 1.54. The molecule has 3 N–H and O–H groups in total.